The van der Waals surface area contributed by atoms with Crippen molar-refractivity contribution in [2.45, 2.75) is 58.5 Å². The van der Waals surface area contributed by atoms with Gasteiger partial charge in [0.05, 0.1) is 5.60 Å². The summed E-state index contributed by atoms with van der Waals surface area (Å²) >= 11 is 0. The number of aliphatic hydroxyl groups is 1. The molecule has 0 radical (unpaired) electrons. The van der Waals surface area contributed by atoms with Crippen molar-refractivity contribution in [1.82, 2.24) is 5.32 Å². The molecule has 2 atom stereocenters. The lowest BCUT2D eigenvalue weighted by molar-refractivity contribution is -0.124. The van der Waals surface area contributed by atoms with Crippen LogP contribution in [-0.4, -0.2) is 23.2 Å². The predicted molar refractivity (Wildman–Crippen MR) is 67.5 cm³/mol. The fourth-order valence-corrected chi connectivity index (χ4v) is 2.64. The minimum atomic E-state index is -0.663. The molecular formula is C14H25NO2. The van der Waals surface area contributed by atoms with Gasteiger partial charge in [0, 0.05) is 12.5 Å². The molecule has 2 unspecified atom stereocenters. The molecule has 2 N–H and O–H groups in total. The molecule has 0 bridgehead atoms. The first-order valence-corrected chi connectivity index (χ1v) is 6.81. The molecule has 2 aliphatic rings. The first-order chi connectivity index (χ1) is 7.81. The maximum Gasteiger partial charge on any atom is 0.223 e. The summed E-state index contributed by atoms with van der Waals surface area (Å²) in [4.78, 5) is 11.7. The van der Waals surface area contributed by atoms with Gasteiger partial charge in [0.25, 0.3) is 0 Å². The SMILES string of the molecule is CC1CC1C(=O)NCC1(O)CCC(C)(C)CC1. The number of rotatable bonds is 3. The lowest BCUT2D eigenvalue weighted by Crippen LogP contribution is -2.47. The molecule has 2 aliphatic carbocycles. The van der Waals surface area contributed by atoms with Crippen LogP contribution in [-0.2, 0) is 4.79 Å². The molecule has 2 saturated carbocycles. The van der Waals surface area contributed by atoms with E-state index in [-0.39, 0.29) is 11.8 Å². The van der Waals surface area contributed by atoms with Gasteiger partial charge in [-0.25, -0.2) is 0 Å². The van der Waals surface area contributed by atoms with Crippen molar-refractivity contribution < 1.29 is 9.90 Å². The summed E-state index contributed by atoms with van der Waals surface area (Å²) < 4.78 is 0. The average molecular weight is 239 g/mol. The average Bonchev–Trinajstić information content (AvgIpc) is 2.98. The summed E-state index contributed by atoms with van der Waals surface area (Å²) in [6.45, 7) is 7.03. The quantitative estimate of drug-likeness (QED) is 0.792. The van der Waals surface area contributed by atoms with E-state index in [0.717, 1.165) is 32.1 Å². The van der Waals surface area contributed by atoms with E-state index in [1.54, 1.807) is 0 Å². The Morgan fingerprint density at radius 1 is 1.29 bits per heavy atom. The zero-order valence-corrected chi connectivity index (χ0v) is 11.3. The second kappa shape index (κ2) is 4.27. The standard InChI is InChI=1S/C14H25NO2/c1-10-8-11(10)12(16)15-9-14(17)6-4-13(2,3)5-7-14/h10-11,17H,4-9H2,1-3H3,(H,15,16). The molecule has 0 spiro atoms. The van der Waals surface area contributed by atoms with Crippen molar-refractivity contribution in [3.05, 3.63) is 0 Å². The Kier molecular flexibility index (Phi) is 3.23. The van der Waals surface area contributed by atoms with Gasteiger partial charge in [0.15, 0.2) is 0 Å². The minimum absolute atomic E-state index is 0.135. The Bertz CT molecular complexity index is 301. The first kappa shape index (κ1) is 12.9. The molecule has 0 saturated heterocycles. The van der Waals surface area contributed by atoms with Gasteiger partial charge in [-0.05, 0) is 43.4 Å². The van der Waals surface area contributed by atoms with E-state index in [0.29, 0.717) is 17.9 Å². The van der Waals surface area contributed by atoms with Crippen molar-refractivity contribution >= 4 is 5.91 Å². The highest BCUT2D eigenvalue weighted by Gasteiger charge is 2.41. The zero-order valence-electron chi connectivity index (χ0n) is 11.3. The highest BCUT2D eigenvalue weighted by atomic mass is 16.3. The molecule has 0 aromatic rings. The zero-order chi connectivity index (χ0) is 12.7. The predicted octanol–water partition coefficient (Wildman–Crippen LogP) is 2.09. The normalized spacial score (nSPS) is 34.1. The molecular weight excluding hydrogens is 214 g/mol. The Balaban J connectivity index is 1.77. The molecule has 2 fully saturated rings. The van der Waals surface area contributed by atoms with Crippen molar-refractivity contribution in [3.8, 4) is 0 Å². The molecule has 1 amide bonds. The van der Waals surface area contributed by atoms with Gasteiger partial charge in [-0.15, -0.1) is 0 Å². The number of amides is 1. The number of carbonyl (C=O) groups excluding carboxylic acids is 1. The number of hydrogen-bond acceptors (Lipinski definition) is 2. The van der Waals surface area contributed by atoms with Crippen LogP contribution in [0.1, 0.15) is 52.9 Å². The van der Waals surface area contributed by atoms with Gasteiger partial charge in [0.1, 0.15) is 0 Å². The van der Waals surface area contributed by atoms with Gasteiger partial charge >= 0.3 is 0 Å². The van der Waals surface area contributed by atoms with Crippen molar-refractivity contribution in [1.29, 1.82) is 0 Å². The van der Waals surface area contributed by atoms with Gasteiger partial charge in [-0.3, -0.25) is 4.79 Å². The second-order valence-electron chi connectivity index (χ2n) is 6.93. The second-order valence-corrected chi connectivity index (χ2v) is 6.93. The maximum atomic E-state index is 11.7. The molecule has 0 aliphatic heterocycles. The van der Waals surface area contributed by atoms with Gasteiger partial charge in [-0.2, -0.15) is 0 Å². The van der Waals surface area contributed by atoms with Crippen LogP contribution >= 0.6 is 0 Å². The first-order valence-electron chi connectivity index (χ1n) is 6.81. The Hall–Kier alpha value is -0.570. The number of hydrogen-bond donors (Lipinski definition) is 2. The van der Waals surface area contributed by atoms with Crippen LogP contribution in [0, 0.1) is 17.3 Å². The summed E-state index contributed by atoms with van der Waals surface area (Å²) in [6.07, 6.45) is 4.71. The lowest BCUT2D eigenvalue weighted by Gasteiger charge is -2.40. The lowest BCUT2D eigenvalue weighted by atomic mass is 9.71. The Morgan fingerprint density at radius 3 is 2.29 bits per heavy atom. The van der Waals surface area contributed by atoms with Gasteiger partial charge < -0.3 is 10.4 Å². The van der Waals surface area contributed by atoms with E-state index in [4.69, 9.17) is 0 Å². The van der Waals surface area contributed by atoms with Crippen LogP contribution in [0.15, 0.2) is 0 Å². The third-order valence-corrected chi connectivity index (χ3v) is 4.57. The maximum absolute atomic E-state index is 11.7. The van der Waals surface area contributed by atoms with Crippen LogP contribution < -0.4 is 5.32 Å². The van der Waals surface area contributed by atoms with Gasteiger partial charge in [-0.1, -0.05) is 20.8 Å². The minimum Gasteiger partial charge on any atom is -0.388 e. The summed E-state index contributed by atoms with van der Waals surface area (Å²) in [7, 11) is 0. The monoisotopic (exact) mass is 239 g/mol. The fraction of sp³-hybridized carbons (Fsp3) is 0.929. The van der Waals surface area contributed by atoms with Gasteiger partial charge in [0.2, 0.25) is 5.91 Å². The van der Waals surface area contributed by atoms with Crippen LogP contribution in [0.3, 0.4) is 0 Å². The Labute approximate surface area is 104 Å². The molecule has 0 heterocycles. The third-order valence-electron chi connectivity index (χ3n) is 4.57. The van der Waals surface area contributed by atoms with Crippen LogP contribution in [0.4, 0.5) is 0 Å². The molecule has 3 nitrogen and oxygen atoms in total. The smallest absolute Gasteiger partial charge is 0.223 e. The molecule has 3 heteroatoms. The molecule has 0 aromatic heterocycles. The van der Waals surface area contributed by atoms with Crippen molar-refractivity contribution in [3.63, 3.8) is 0 Å². The highest BCUT2D eigenvalue weighted by molar-refractivity contribution is 5.81. The van der Waals surface area contributed by atoms with Crippen molar-refractivity contribution in [2.24, 2.45) is 17.3 Å². The van der Waals surface area contributed by atoms with Crippen molar-refractivity contribution in [2.75, 3.05) is 6.54 Å². The topological polar surface area (TPSA) is 49.3 Å². The van der Waals surface area contributed by atoms with E-state index in [1.165, 1.54) is 0 Å². The van der Waals surface area contributed by atoms with E-state index in [2.05, 4.69) is 26.1 Å². The van der Waals surface area contributed by atoms with Crippen LogP contribution in [0.25, 0.3) is 0 Å². The fourth-order valence-electron chi connectivity index (χ4n) is 2.64. The summed E-state index contributed by atoms with van der Waals surface area (Å²) in [5.74, 6) is 0.879. The summed E-state index contributed by atoms with van der Waals surface area (Å²) in [5, 5.41) is 13.3. The summed E-state index contributed by atoms with van der Waals surface area (Å²) in [6, 6.07) is 0. The molecule has 0 aromatic carbocycles. The molecule has 17 heavy (non-hydrogen) atoms. The molecule has 2 rings (SSSR count). The van der Waals surface area contributed by atoms with E-state index in [1.807, 2.05) is 0 Å². The summed E-state index contributed by atoms with van der Waals surface area (Å²) in [5.41, 5.74) is -0.315. The number of carbonyl (C=O) groups is 1. The van der Waals surface area contributed by atoms with E-state index in [9.17, 15) is 9.90 Å². The molecule has 98 valence electrons. The van der Waals surface area contributed by atoms with E-state index >= 15 is 0 Å². The Morgan fingerprint density at radius 2 is 1.82 bits per heavy atom. The van der Waals surface area contributed by atoms with Crippen LogP contribution in [0.5, 0.6) is 0 Å². The van der Waals surface area contributed by atoms with Crippen LogP contribution in [0.2, 0.25) is 0 Å². The number of nitrogens with one attached hydrogen (secondary N) is 1. The third kappa shape index (κ3) is 3.21. The highest BCUT2D eigenvalue weighted by Crippen LogP contribution is 2.40. The largest absolute Gasteiger partial charge is 0.388 e. The van der Waals surface area contributed by atoms with E-state index < -0.39 is 5.60 Å².